The van der Waals surface area contributed by atoms with E-state index < -0.39 is 0 Å². The maximum Gasteiger partial charge on any atom is -0.0313 e. The smallest absolute Gasteiger partial charge is 0.0313 e. The van der Waals surface area contributed by atoms with E-state index in [4.69, 9.17) is 0 Å². The second-order valence-electron chi connectivity index (χ2n) is 2.84. The molecule has 0 radical (unpaired) electrons. The molecule has 0 aromatic rings. The van der Waals surface area contributed by atoms with Crippen LogP contribution in [0.15, 0.2) is 36.5 Å². The molecule has 0 N–H and O–H groups in total. The topological polar surface area (TPSA) is 0 Å². The lowest BCUT2D eigenvalue weighted by Crippen LogP contribution is -1.68. The zero-order valence-corrected chi connectivity index (χ0v) is 7.00. The van der Waals surface area contributed by atoms with Gasteiger partial charge in [0.1, 0.15) is 0 Å². The summed E-state index contributed by atoms with van der Waals surface area (Å²) in [6.07, 6.45) is 19.5. The minimum atomic E-state index is 1.18. The van der Waals surface area contributed by atoms with Gasteiger partial charge in [0.2, 0.25) is 0 Å². The summed E-state index contributed by atoms with van der Waals surface area (Å²) >= 11 is 0. The third-order valence-electron chi connectivity index (χ3n) is 1.79. The van der Waals surface area contributed by atoms with Crippen LogP contribution in [0.1, 0.15) is 32.1 Å². The first kappa shape index (κ1) is 8.32. The van der Waals surface area contributed by atoms with Crippen LogP contribution in [-0.4, -0.2) is 0 Å². The lowest BCUT2D eigenvalue weighted by atomic mass is 10.2. The van der Waals surface area contributed by atoms with Gasteiger partial charge in [-0.15, -0.1) is 0 Å². The van der Waals surface area contributed by atoms with Crippen molar-refractivity contribution in [2.24, 2.45) is 0 Å². The zero-order valence-electron chi connectivity index (χ0n) is 7.00. The number of hydrogen-bond acceptors (Lipinski definition) is 0. The molecule has 0 aliphatic heterocycles. The molecule has 0 unspecified atom stereocenters. The van der Waals surface area contributed by atoms with Gasteiger partial charge in [0.25, 0.3) is 0 Å². The van der Waals surface area contributed by atoms with Gasteiger partial charge in [-0.05, 0) is 32.1 Å². The Morgan fingerprint density at radius 1 is 0.545 bits per heavy atom. The van der Waals surface area contributed by atoms with Crippen molar-refractivity contribution < 1.29 is 0 Å². The van der Waals surface area contributed by atoms with Crippen molar-refractivity contribution in [1.82, 2.24) is 0 Å². The first-order valence-electron chi connectivity index (χ1n) is 4.47. The molecule has 11 heavy (non-hydrogen) atoms. The highest BCUT2D eigenvalue weighted by atomic mass is 13.9. The van der Waals surface area contributed by atoms with E-state index in [1.54, 1.807) is 0 Å². The molecule has 0 bridgehead atoms. The highest BCUT2D eigenvalue weighted by Gasteiger charge is 1.82. The molecule has 0 saturated heterocycles. The van der Waals surface area contributed by atoms with Crippen LogP contribution in [0.25, 0.3) is 0 Å². The van der Waals surface area contributed by atoms with Crippen molar-refractivity contribution in [3.05, 3.63) is 36.5 Å². The minimum absolute atomic E-state index is 1.18. The summed E-state index contributed by atoms with van der Waals surface area (Å²) in [6, 6.07) is 0. The molecule has 0 aromatic heterocycles. The molecule has 0 heterocycles. The van der Waals surface area contributed by atoms with Crippen LogP contribution in [0.4, 0.5) is 0 Å². The van der Waals surface area contributed by atoms with Crippen molar-refractivity contribution in [2.75, 3.05) is 0 Å². The summed E-state index contributed by atoms with van der Waals surface area (Å²) in [4.78, 5) is 0. The SMILES string of the molecule is C1=CCC/C=C/CCC/C=C/1. The number of allylic oxidation sites excluding steroid dienone is 6. The first-order chi connectivity index (χ1) is 5.50. The normalized spacial score (nSPS) is 25.5. The van der Waals surface area contributed by atoms with Gasteiger partial charge in [0, 0.05) is 0 Å². The molecular weight excluding hydrogens is 132 g/mol. The van der Waals surface area contributed by atoms with Crippen molar-refractivity contribution >= 4 is 0 Å². The Morgan fingerprint density at radius 2 is 1.09 bits per heavy atom. The van der Waals surface area contributed by atoms with Gasteiger partial charge in [0.05, 0.1) is 0 Å². The standard InChI is InChI=1S/C11H16/c1-2-4-6-8-10-11-9-7-5-3-1/h1-4,9,11H,5-8,10H2/b3-1?,4-2+,11-9+. The van der Waals surface area contributed by atoms with Gasteiger partial charge < -0.3 is 0 Å². The Kier molecular flexibility index (Phi) is 4.51. The summed E-state index contributed by atoms with van der Waals surface area (Å²) in [7, 11) is 0. The Bertz CT molecular complexity index is 161. The molecule has 1 aliphatic carbocycles. The second kappa shape index (κ2) is 5.96. The van der Waals surface area contributed by atoms with E-state index in [0.717, 1.165) is 0 Å². The molecular formula is C11H16. The Hall–Kier alpha value is -0.780. The van der Waals surface area contributed by atoms with Crippen molar-refractivity contribution in [1.29, 1.82) is 0 Å². The van der Waals surface area contributed by atoms with Crippen LogP contribution in [0.2, 0.25) is 0 Å². The van der Waals surface area contributed by atoms with Crippen molar-refractivity contribution in [2.45, 2.75) is 32.1 Å². The molecule has 0 fully saturated rings. The Morgan fingerprint density at radius 3 is 2.00 bits per heavy atom. The van der Waals surface area contributed by atoms with E-state index >= 15 is 0 Å². The van der Waals surface area contributed by atoms with E-state index in [1.807, 2.05) is 0 Å². The fraction of sp³-hybridized carbons (Fsp3) is 0.455. The summed E-state index contributed by atoms with van der Waals surface area (Å²) in [5, 5.41) is 0. The Labute approximate surface area is 69.3 Å². The third kappa shape index (κ3) is 4.60. The largest absolute Gasteiger partial charge is 0.0885 e. The summed E-state index contributed by atoms with van der Waals surface area (Å²) in [5.41, 5.74) is 0. The number of hydrogen-bond donors (Lipinski definition) is 0. The molecule has 0 aromatic carbocycles. The highest BCUT2D eigenvalue weighted by molar-refractivity contribution is 5.03. The molecule has 0 nitrogen and oxygen atoms in total. The molecule has 0 amide bonds. The van der Waals surface area contributed by atoms with E-state index in [2.05, 4.69) is 36.5 Å². The number of rotatable bonds is 0. The molecule has 1 rings (SSSR count). The second-order valence-corrected chi connectivity index (χ2v) is 2.84. The molecule has 0 atom stereocenters. The lowest BCUT2D eigenvalue weighted by molar-refractivity contribution is 0.864. The molecule has 60 valence electrons. The van der Waals surface area contributed by atoms with Crippen LogP contribution in [0.3, 0.4) is 0 Å². The summed E-state index contributed by atoms with van der Waals surface area (Å²) in [6.45, 7) is 0. The molecule has 0 heteroatoms. The van der Waals surface area contributed by atoms with Gasteiger partial charge >= 0.3 is 0 Å². The van der Waals surface area contributed by atoms with Gasteiger partial charge in [-0.25, -0.2) is 0 Å². The molecule has 0 spiro atoms. The van der Waals surface area contributed by atoms with Gasteiger partial charge in [-0.2, -0.15) is 0 Å². The fourth-order valence-electron chi connectivity index (χ4n) is 1.13. The monoisotopic (exact) mass is 148 g/mol. The first-order valence-corrected chi connectivity index (χ1v) is 4.47. The highest BCUT2D eigenvalue weighted by Crippen LogP contribution is 2.02. The lowest BCUT2D eigenvalue weighted by Gasteiger charge is -1.88. The fourth-order valence-corrected chi connectivity index (χ4v) is 1.13. The van der Waals surface area contributed by atoms with Crippen LogP contribution >= 0.6 is 0 Å². The van der Waals surface area contributed by atoms with Crippen LogP contribution < -0.4 is 0 Å². The van der Waals surface area contributed by atoms with Crippen molar-refractivity contribution in [3.63, 3.8) is 0 Å². The maximum absolute atomic E-state index is 2.30. The molecule has 0 saturated carbocycles. The van der Waals surface area contributed by atoms with Crippen LogP contribution in [0.5, 0.6) is 0 Å². The maximum atomic E-state index is 2.30. The predicted octanol–water partition coefficient (Wildman–Crippen LogP) is 3.62. The average Bonchev–Trinajstić information content (AvgIpc) is 2.08. The quantitative estimate of drug-likeness (QED) is 0.460. The Balaban J connectivity index is 2.34. The minimum Gasteiger partial charge on any atom is -0.0885 e. The molecule has 1 aliphatic rings. The van der Waals surface area contributed by atoms with Gasteiger partial charge in [0.15, 0.2) is 0 Å². The average molecular weight is 148 g/mol. The van der Waals surface area contributed by atoms with Gasteiger partial charge in [-0.3, -0.25) is 0 Å². The van der Waals surface area contributed by atoms with Crippen molar-refractivity contribution in [3.8, 4) is 0 Å². The van der Waals surface area contributed by atoms with E-state index in [1.165, 1.54) is 32.1 Å². The van der Waals surface area contributed by atoms with E-state index in [9.17, 15) is 0 Å². The predicted molar refractivity (Wildman–Crippen MR) is 50.5 cm³/mol. The summed E-state index contributed by atoms with van der Waals surface area (Å²) in [5.74, 6) is 0. The van der Waals surface area contributed by atoms with Gasteiger partial charge in [-0.1, -0.05) is 36.5 Å². The van der Waals surface area contributed by atoms with E-state index in [-0.39, 0.29) is 0 Å². The zero-order chi connectivity index (χ0) is 7.78. The van der Waals surface area contributed by atoms with E-state index in [0.29, 0.717) is 0 Å². The summed E-state index contributed by atoms with van der Waals surface area (Å²) < 4.78 is 0. The van der Waals surface area contributed by atoms with Crippen LogP contribution in [0, 0.1) is 0 Å². The van der Waals surface area contributed by atoms with Crippen LogP contribution in [-0.2, 0) is 0 Å². The third-order valence-corrected chi connectivity index (χ3v) is 1.79.